The van der Waals surface area contributed by atoms with E-state index in [9.17, 15) is 14.0 Å². The molecule has 2 aromatic rings. The second-order valence-corrected chi connectivity index (χ2v) is 7.98. The quantitative estimate of drug-likeness (QED) is 0.705. The van der Waals surface area contributed by atoms with E-state index in [0.29, 0.717) is 38.3 Å². The zero-order chi connectivity index (χ0) is 22.2. The lowest BCUT2D eigenvalue weighted by molar-refractivity contribution is -0.134. The van der Waals surface area contributed by atoms with Crippen molar-refractivity contribution in [2.24, 2.45) is 0 Å². The number of rotatable bonds is 8. The largest absolute Gasteiger partial charge is 0.339 e. The van der Waals surface area contributed by atoms with Crippen LogP contribution in [0.15, 0.2) is 48.5 Å². The normalized spacial score (nSPS) is 14.6. The van der Waals surface area contributed by atoms with Crippen LogP contribution >= 0.6 is 0 Å². The number of piperazine rings is 1. The zero-order valence-corrected chi connectivity index (χ0v) is 18.3. The number of likely N-dealkylation sites (N-methyl/N-ethyl adjacent to an activating group) is 1. The Kier molecular flexibility index (Phi) is 8.14. The average Bonchev–Trinajstić information content (AvgIpc) is 2.76. The van der Waals surface area contributed by atoms with E-state index in [-0.39, 0.29) is 30.7 Å². The van der Waals surface area contributed by atoms with Crippen molar-refractivity contribution in [2.75, 3.05) is 51.6 Å². The molecular formula is C24H31FN4O2. The molecule has 3 rings (SSSR count). The van der Waals surface area contributed by atoms with Crippen molar-refractivity contribution >= 4 is 17.5 Å². The maximum atomic E-state index is 13.8. The number of carbonyl (C=O) groups is 2. The third kappa shape index (κ3) is 6.60. The minimum atomic E-state index is -0.192. The predicted octanol–water partition coefficient (Wildman–Crippen LogP) is 2.60. The molecule has 1 saturated heterocycles. The molecule has 7 heteroatoms. The molecule has 2 aromatic carbocycles. The van der Waals surface area contributed by atoms with E-state index < -0.39 is 0 Å². The molecule has 1 fully saturated rings. The van der Waals surface area contributed by atoms with Crippen molar-refractivity contribution in [3.63, 3.8) is 0 Å². The molecule has 0 aromatic heterocycles. The molecule has 0 radical (unpaired) electrons. The summed E-state index contributed by atoms with van der Waals surface area (Å²) < 4.78 is 13.8. The first kappa shape index (κ1) is 22.9. The third-order valence-electron chi connectivity index (χ3n) is 5.57. The second kappa shape index (κ2) is 11.0. The third-order valence-corrected chi connectivity index (χ3v) is 5.57. The summed E-state index contributed by atoms with van der Waals surface area (Å²) in [5, 5.41) is 2.94. The van der Waals surface area contributed by atoms with Gasteiger partial charge in [0.1, 0.15) is 5.82 Å². The van der Waals surface area contributed by atoms with Crippen LogP contribution in [0, 0.1) is 5.82 Å². The van der Waals surface area contributed by atoms with E-state index >= 15 is 0 Å². The number of hydrogen-bond acceptors (Lipinski definition) is 4. The van der Waals surface area contributed by atoms with Crippen molar-refractivity contribution in [2.45, 2.75) is 19.9 Å². The van der Waals surface area contributed by atoms with Gasteiger partial charge in [-0.15, -0.1) is 0 Å². The van der Waals surface area contributed by atoms with Gasteiger partial charge >= 0.3 is 0 Å². The Morgan fingerprint density at radius 1 is 0.968 bits per heavy atom. The van der Waals surface area contributed by atoms with Crippen LogP contribution in [0.1, 0.15) is 18.1 Å². The molecule has 1 heterocycles. The minimum Gasteiger partial charge on any atom is -0.339 e. The maximum Gasteiger partial charge on any atom is 0.238 e. The van der Waals surface area contributed by atoms with Crippen molar-refractivity contribution in [3.8, 4) is 0 Å². The van der Waals surface area contributed by atoms with Gasteiger partial charge in [-0.1, -0.05) is 43.3 Å². The van der Waals surface area contributed by atoms with Gasteiger partial charge in [0, 0.05) is 44.0 Å². The number of hydrogen-bond donors (Lipinski definition) is 1. The van der Waals surface area contributed by atoms with E-state index in [1.54, 1.807) is 24.1 Å². The number of anilines is 1. The molecule has 0 saturated carbocycles. The van der Waals surface area contributed by atoms with E-state index in [0.717, 1.165) is 17.7 Å². The van der Waals surface area contributed by atoms with Crippen molar-refractivity contribution < 1.29 is 14.0 Å². The number of benzene rings is 2. The summed E-state index contributed by atoms with van der Waals surface area (Å²) in [4.78, 5) is 30.7. The molecule has 0 aliphatic carbocycles. The van der Waals surface area contributed by atoms with Gasteiger partial charge < -0.3 is 10.2 Å². The van der Waals surface area contributed by atoms with E-state index in [4.69, 9.17) is 0 Å². The first-order chi connectivity index (χ1) is 15.0. The Balaban J connectivity index is 1.42. The van der Waals surface area contributed by atoms with Crippen LogP contribution in [0.25, 0.3) is 0 Å². The lowest BCUT2D eigenvalue weighted by Crippen LogP contribution is -2.51. The molecule has 0 bridgehead atoms. The molecule has 166 valence electrons. The number of para-hydroxylation sites is 1. The number of halogens is 1. The lowest BCUT2D eigenvalue weighted by atomic mass is 10.1. The van der Waals surface area contributed by atoms with Gasteiger partial charge in [0.25, 0.3) is 0 Å². The monoisotopic (exact) mass is 426 g/mol. The fraction of sp³-hybridized carbons (Fsp3) is 0.417. The highest BCUT2D eigenvalue weighted by atomic mass is 19.1. The zero-order valence-electron chi connectivity index (χ0n) is 18.3. The summed E-state index contributed by atoms with van der Waals surface area (Å²) in [6.45, 7) is 5.57. The Hall–Kier alpha value is -2.77. The fourth-order valence-electron chi connectivity index (χ4n) is 3.80. The topological polar surface area (TPSA) is 55.9 Å². The molecule has 1 aliphatic heterocycles. The molecule has 31 heavy (non-hydrogen) atoms. The Labute approximate surface area is 183 Å². The highest BCUT2D eigenvalue weighted by Gasteiger charge is 2.23. The number of nitrogens with one attached hydrogen (secondary N) is 1. The van der Waals surface area contributed by atoms with Gasteiger partial charge in [0.2, 0.25) is 11.8 Å². The summed E-state index contributed by atoms with van der Waals surface area (Å²) in [5.41, 5.74) is 2.58. The fourth-order valence-corrected chi connectivity index (χ4v) is 3.80. The van der Waals surface area contributed by atoms with Crippen molar-refractivity contribution in [3.05, 3.63) is 65.5 Å². The standard InChI is InChI=1S/C24H31FN4O2/c1-3-19-8-5-7-11-22(19)26-23(30)17-27(2)18-24(31)29-14-12-28(13-15-29)16-20-9-4-6-10-21(20)25/h4-11H,3,12-18H2,1-2H3,(H,26,30). The van der Waals surface area contributed by atoms with E-state index in [2.05, 4.69) is 10.2 Å². The van der Waals surface area contributed by atoms with Crippen LogP contribution in [0.5, 0.6) is 0 Å². The van der Waals surface area contributed by atoms with Gasteiger partial charge in [-0.05, 0) is 31.2 Å². The highest BCUT2D eigenvalue weighted by molar-refractivity contribution is 5.93. The summed E-state index contributed by atoms with van der Waals surface area (Å²) in [6.07, 6.45) is 0.841. The smallest absolute Gasteiger partial charge is 0.238 e. The van der Waals surface area contributed by atoms with Gasteiger partial charge in [-0.2, -0.15) is 0 Å². The van der Waals surface area contributed by atoms with Crippen LogP contribution in [-0.2, 0) is 22.6 Å². The molecule has 1 aliphatic rings. The molecule has 0 unspecified atom stereocenters. The molecule has 6 nitrogen and oxygen atoms in total. The molecule has 0 atom stereocenters. The summed E-state index contributed by atoms with van der Waals surface area (Å²) in [5.74, 6) is -0.317. The Morgan fingerprint density at radius 3 is 2.29 bits per heavy atom. The number of amides is 2. The number of carbonyl (C=O) groups excluding carboxylic acids is 2. The predicted molar refractivity (Wildman–Crippen MR) is 120 cm³/mol. The van der Waals surface area contributed by atoms with Crippen LogP contribution < -0.4 is 5.32 Å². The molecule has 2 amide bonds. The summed E-state index contributed by atoms with van der Waals surface area (Å²) >= 11 is 0. The highest BCUT2D eigenvalue weighted by Crippen LogP contribution is 2.15. The number of aryl methyl sites for hydroxylation is 1. The average molecular weight is 427 g/mol. The van der Waals surface area contributed by atoms with Gasteiger partial charge in [-0.25, -0.2) is 4.39 Å². The maximum absolute atomic E-state index is 13.8. The summed E-state index contributed by atoms with van der Waals surface area (Å²) in [6, 6.07) is 14.5. The van der Waals surface area contributed by atoms with Crippen molar-refractivity contribution in [1.29, 1.82) is 0 Å². The molecule has 0 spiro atoms. The van der Waals surface area contributed by atoms with Gasteiger partial charge in [0.15, 0.2) is 0 Å². The van der Waals surface area contributed by atoms with Crippen LogP contribution in [0.2, 0.25) is 0 Å². The van der Waals surface area contributed by atoms with Crippen molar-refractivity contribution in [1.82, 2.24) is 14.7 Å². The van der Waals surface area contributed by atoms with E-state index in [1.165, 1.54) is 6.07 Å². The summed E-state index contributed by atoms with van der Waals surface area (Å²) in [7, 11) is 1.78. The van der Waals surface area contributed by atoms with Crippen LogP contribution in [-0.4, -0.2) is 72.8 Å². The molecule has 1 N–H and O–H groups in total. The van der Waals surface area contributed by atoms with Gasteiger partial charge in [-0.3, -0.25) is 19.4 Å². The van der Waals surface area contributed by atoms with Gasteiger partial charge in [0.05, 0.1) is 13.1 Å². The number of nitrogens with zero attached hydrogens (tertiary/aromatic N) is 3. The Morgan fingerprint density at radius 2 is 1.61 bits per heavy atom. The molecular weight excluding hydrogens is 395 g/mol. The lowest BCUT2D eigenvalue weighted by Gasteiger charge is -2.35. The van der Waals surface area contributed by atoms with Crippen LogP contribution in [0.3, 0.4) is 0 Å². The Bertz CT molecular complexity index is 897. The first-order valence-electron chi connectivity index (χ1n) is 10.8. The second-order valence-electron chi connectivity index (χ2n) is 7.98. The van der Waals surface area contributed by atoms with E-state index in [1.807, 2.05) is 42.2 Å². The van der Waals surface area contributed by atoms with Crippen LogP contribution in [0.4, 0.5) is 10.1 Å². The first-order valence-corrected chi connectivity index (χ1v) is 10.8. The SMILES string of the molecule is CCc1ccccc1NC(=O)CN(C)CC(=O)N1CCN(Cc2ccccc2F)CC1. The minimum absolute atomic E-state index is 0.00907.